The van der Waals surface area contributed by atoms with Crippen LogP contribution in [0.1, 0.15) is 43.4 Å². The number of benzene rings is 1. The van der Waals surface area contributed by atoms with Crippen LogP contribution in [0.4, 0.5) is 4.39 Å². The normalized spacial score (nSPS) is 12.0. The van der Waals surface area contributed by atoms with Crippen LogP contribution in [-0.4, -0.2) is 0 Å². The van der Waals surface area contributed by atoms with Crippen LogP contribution in [0.2, 0.25) is 0 Å². The Morgan fingerprint density at radius 3 is 2.60 bits per heavy atom. The van der Waals surface area contributed by atoms with E-state index in [0.29, 0.717) is 5.56 Å². The fourth-order valence-corrected chi connectivity index (χ4v) is 1.43. The molecule has 1 aromatic rings. The van der Waals surface area contributed by atoms with Gasteiger partial charge in [-0.2, -0.15) is 0 Å². The molecular weight excluding hydrogens is 213 g/mol. The molecule has 0 aromatic heterocycles. The molecule has 1 nitrogen and oxygen atoms in total. The average Bonchev–Trinajstić information content (AvgIpc) is 2.18. The minimum Gasteiger partial charge on any atom is -0.324 e. The summed E-state index contributed by atoms with van der Waals surface area (Å²) in [6.45, 7) is 3.89. The zero-order chi connectivity index (χ0) is 10.6. The van der Waals surface area contributed by atoms with Gasteiger partial charge in [0, 0.05) is 6.04 Å². The lowest BCUT2D eigenvalue weighted by Crippen LogP contribution is -2.10. The first-order valence-electron chi connectivity index (χ1n) is 5.16. The smallest absolute Gasteiger partial charge is 0.126 e. The van der Waals surface area contributed by atoms with Crippen molar-refractivity contribution in [2.24, 2.45) is 5.73 Å². The number of hydrogen-bond donors (Lipinski definition) is 1. The first kappa shape index (κ1) is 14.4. The Labute approximate surface area is 97.3 Å². The maximum atomic E-state index is 13.2. The highest BCUT2D eigenvalue weighted by Gasteiger charge is 2.07. The predicted molar refractivity (Wildman–Crippen MR) is 64.8 cm³/mol. The van der Waals surface area contributed by atoms with Gasteiger partial charge in [0.2, 0.25) is 0 Å². The molecule has 0 amide bonds. The lowest BCUT2D eigenvalue weighted by Gasteiger charge is -2.11. The largest absolute Gasteiger partial charge is 0.324 e. The number of aryl methyl sites for hydroxylation is 1. The monoisotopic (exact) mass is 231 g/mol. The number of nitrogens with two attached hydrogens (primary N) is 1. The molecule has 15 heavy (non-hydrogen) atoms. The van der Waals surface area contributed by atoms with Crippen molar-refractivity contribution in [2.75, 3.05) is 0 Å². The molecule has 0 aliphatic carbocycles. The van der Waals surface area contributed by atoms with E-state index in [-0.39, 0.29) is 24.3 Å². The fraction of sp³-hybridized carbons (Fsp3) is 0.500. The maximum Gasteiger partial charge on any atom is 0.126 e. The second kappa shape index (κ2) is 6.81. The first-order chi connectivity index (χ1) is 6.65. The van der Waals surface area contributed by atoms with Gasteiger partial charge in [0.25, 0.3) is 0 Å². The molecule has 3 heteroatoms. The van der Waals surface area contributed by atoms with Gasteiger partial charge in [-0.1, -0.05) is 31.9 Å². The molecule has 0 heterocycles. The van der Waals surface area contributed by atoms with Crippen LogP contribution in [-0.2, 0) is 0 Å². The van der Waals surface area contributed by atoms with Gasteiger partial charge in [0.05, 0.1) is 0 Å². The molecule has 0 unspecified atom stereocenters. The predicted octanol–water partition coefficient (Wildman–Crippen LogP) is 3.75. The summed E-state index contributed by atoms with van der Waals surface area (Å²) < 4.78 is 13.2. The zero-order valence-electron chi connectivity index (χ0n) is 9.29. The van der Waals surface area contributed by atoms with Gasteiger partial charge in [0.1, 0.15) is 5.82 Å². The van der Waals surface area contributed by atoms with E-state index in [0.717, 1.165) is 24.8 Å². The first-order valence-corrected chi connectivity index (χ1v) is 5.16. The summed E-state index contributed by atoms with van der Waals surface area (Å²) >= 11 is 0. The molecule has 2 N–H and O–H groups in total. The van der Waals surface area contributed by atoms with Crippen LogP contribution in [0.25, 0.3) is 0 Å². The molecule has 0 saturated carbocycles. The molecule has 0 saturated heterocycles. The molecule has 0 aliphatic rings. The molecule has 0 spiro atoms. The molecule has 0 bridgehead atoms. The summed E-state index contributed by atoms with van der Waals surface area (Å²) in [5, 5.41) is 0. The van der Waals surface area contributed by atoms with Crippen LogP contribution in [0.15, 0.2) is 18.2 Å². The molecule has 86 valence electrons. The molecule has 1 rings (SSSR count). The Morgan fingerprint density at radius 2 is 2.07 bits per heavy atom. The highest BCUT2D eigenvalue weighted by Crippen LogP contribution is 2.19. The van der Waals surface area contributed by atoms with Gasteiger partial charge in [0.15, 0.2) is 0 Å². The second-order valence-corrected chi connectivity index (χ2v) is 3.76. The minimum absolute atomic E-state index is 0. The van der Waals surface area contributed by atoms with Crippen molar-refractivity contribution in [1.82, 2.24) is 0 Å². The van der Waals surface area contributed by atoms with E-state index < -0.39 is 0 Å². The van der Waals surface area contributed by atoms with E-state index in [1.165, 1.54) is 0 Å². The van der Waals surface area contributed by atoms with E-state index in [2.05, 4.69) is 6.92 Å². The Balaban J connectivity index is 0.00000196. The molecule has 1 atom stereocenters. The van der Waals surface area contributed by atoms with Crippen molar-refractivity contribution in [3.8, 4) is 0 Å². The van der Waals surface area contributed by atoms with Gasteiger partial charge in [-0.15, -0.1) is 12.4 Å². The van der Waals surface area contributed by atoms with Crippen LogP contribution < -0.4 is 5.73 Å². The molecule has 0 radical (unpaired) electrons. The SMILES string of the molecule is CCCC[C@H](N)c1ccc(C)c(F)c1.Cl. The third-order valence-corrected chi connectivity index (χ3v) is 2.49. The number of hydrogen-bond acceptors (Lipinski definition) is 1. The summed E-state index contributed by atoms with van der Waals surface area (Å²) in [7, 11) is 0. The average molecular weight is 232 g/mol. The van der Waals surface area contributed by atoms with Crippen molar-refractivity contribution in [2.45, 2.75) is 39.2 Å². The van der Waals surface area contributed by atoms with Gasteiger partial charge in [-0.3, -0.25) is 0 Å². The zero-order valence-corrected chi connectivity index (χ0v) is 10.1. The maximum absolute atomic E-state index is 13.2. The van der Waals surface area contributed by atoms with Gasteiger partial charge in [-0.05, 0) is 30.5 Å². The Kier molecular flexibility index (Phi) is 6.53. The molecule has 0 aliphatic heterocycles. The highest BCUT2D eigenvalue weighted by molar-refractivity contribution is 5.85. The van der Waals surface area contributed by atoms with Crippen LogP contribution in [0, 0.1) is 12.7 Å². The van der Waals surface area contributed by atoms with Crippen molar-refractivity contribution >= 4 is 12.4 Å². The number of rotatable bonds is 4. The van der Waals surface area contributed by atoms with Crippen molar-refractivity contribution < 1.29 is 4.39 Å². The number of unbranched alkanes of at least 4 members (excludes halogenated alkanes) is 1. The summed E-state index contributed by atoms with van der Waals surface area (Å²) in [6, 6.07) is 5.23. The van der Waals surface area contributed by atoms with E-state index in [9.17, 15) is 4.39 Å². The van der Waals surface area contributed by atoms with Crippen molar-refractivity contribution in [1.29, 1.82) is 0 Å². The topological polar surface area (TPSA) is 26.0 Å². The number of halogens is 2. The van der Waals surface area contributed by atoms with Crippen molar-refractivity contribution in [3.05, 3.63) is 35.1 Å². The van der Waals surface area contributed by atoms with Gasteiger partial charge < -0.3 is 5.73 Å². The van der Waals surface area contributed by atoms with E-state index >= 15 is 0 Å². The Morgan fingerprint density at radius 1 is 1.40 bits per heavy atom. The van der Waals surface area contributed by atoms with Crippen LogP contribution in [0.3, 0.4) is 0 Å². The quantitative estimate of drug-likeness (QED) is 0.839. The second-order valence-electron chi connectivity index (χ2n) is 3.76. The fourth-order valence-electron chi connectivity index (χ4n) is 1.43. The lowest BCUT2D eigenvalue weighted by atomic mass is 10.0. The van der Waals surface area contributed by atoms with E-state index in [1.54, 1.807) is 19.1 Å². The lowest BCUT2D eigenvalue weighted by molar-refractivity contribution is 0.585. The summed E-state index contributed by atoms with van der Waals surface area (Å²) in [5.74, 6) is -0.158. The highest BCUT2D eigenvalue weighted by atomic mass is 35.5. The van der Waals surface area contributed by atoms with Crippen molar-refractivity contribution in [3.63, 3.8) is 0 Å². The summed E-state index contributed by atoms with van der Waals surface area (Å²) in [6.07, 6.45) is 3.15. The standard InChI is InChI=1S/C12H18FN.ClH/c1-3-4-5-12(14)10-7-6-9(2)11(13)8-10;/h6-8,12H,3-5,14H2,1-2H3;1H/t12-;/m0./s1. The molecule has 0 fully saturated rings. The minimum atomic E-state index is -0.158. The van der Waals surface area contributed by atoms with E-state index in [1.807, 2.05) is 6.07 Å². The molecular formula is C12H19ClFN. The molecule has 1 aromatic carbocycles. The Bertz CT molecular complexity index is 302. The summed E-state index contributed by atoms with van der Waals surface area (Å²) in [4.78, 5) is 0. The van der Waals surface area contributed by atoms with Crippen LogP contribution >= 0.6 is 12.4 Å². The van der Waals surface area contributed by atoms with E-state index in [4.69, 9.17) is 5.73 Å². The third-order valence-electron chi connectivity index (χ3n) is 2.49. The Hall–Kier alpha value is -0.600. The van der Waals surface area contributed by atoms with Crippen LogP contribution in [0.5, 0.6) is 0 Å². The van der Waals surface area contributed by atoms with Gasteiger partial charge >= 0.3 is 0 Å². The third kappa shape index (κ3) is 4.18. The summed E-state index contributed by atoms with van der Waals surface area (Å²) in [5.41, 5.74) is 7.51. The van der Waals surface area contributed by atoms with Gasteiger partial charge in [-0.25, -0.2) is 4.39 Å².